The fourth-order valence-electron chi connectivity index (χ4n) is 1.07. The summed E-state index contributed by atoms with van der Waals surface area (Å²) in [6, 6.07) is 0. The van der Waals surface area contributed by atoms with Crippen molar-refractivity contribution in [2.75, 3.05) is 6.54 Å². The first kappa shape index (κ1) is 11.9. The summed E-state index contributed by atoms with van der Waals surface area (Å²) in [5.74, 6) is -1.15. The predicted molar refractivity (Wildman–Crippen MR) is 51.6 cm³/mol. The summed E-state index contributed by atoms with van der Waals surface area (Å²) in [6.45, 7) is 4.96. The Bertz CT molecular complexity index is 105. The van der Waals surface area contributed by atoms with E-state index in [9.17, 15) is 5.11 Å². The molecule has 1 unspecified atom stereocenters. The van der Waals surface area contributed by atoms with Crippen molar-refractivity contribution in [3.8, 4) is 0 Å². The van der Waals surface area contributed by atoms with Crippen LogP contribution in [0.4, 0.5) is 0 Å². The van der Waals surface area contributed by atoms with Crippen molar-refractivity contribution in [3.05, 3.63) is 0 Å². The maximum atomic E-state index is 9.54. The number of aliphatic hydroxyl groups is 1. The first-order chi connectivity index (χ1) is 5.62. The van der Waals surface area contributed by atoms with E-state index >= 15 is 0 Å². The maximum absolute atomic E-state index is 9.54. The molecule has 0 radical (unpaired) electrons. The first-order valence-corrected chi connectivity index (χ1v) is 4.88. The zero-order valence-electron chi connectivity index (χ0n) is 8.27. The molecule has 0 amide bonds. The molecule has 12 heavy (non-hydrogen) atoms. The highest BCUT2D eigenvalue weighted by molar-refractivity contribution is 4.66. The second-order valence-electron chi connectivity index (χ2n) is 3.31. The fraction of sp³-hybridized carbons (Fsp3) is 1.00. The van der Waals surface area contributed by atoms with Crippen LogP contribution in [0.15, 0.2) is 0 Å². The molecule has 0 aromatic rings. The van der Waals surface area contributed by atoms with Crippen LogP contribution in [0.5, 0.6) is 0 Å². The van der Waals surface area contributed by atoms with Crippen LogP contribution in [0.25, 0.3) is 0 Å². The Hall–Kier alpha value is -0.120. The van der Waals surface area contributed by atoms with Crippen LogP contribution in [-0.2, 0) is 0 Å². The molecule has 0 aliphatic heterocycles. The van der Waals surface area contributed by atoms with E-state index in [1.807, 2.05) is 0 Å². The molecule has 3 nitrogen and oxygen atoms in total. The van der Waals surface area contributed by atoms with Crippen LogP contribution in [-0.4, -0.2) is 17.5 Å². The van der Waals surface area contributed by atoms with Crippen molar-refractivity contribution in [2.24, 2.45) is 5.73 Å². The van der Waals surface area contributed by atoms with Crippen molar-refractivity contribution >= 4 is 0 Å². The summed E-state index contributed by atoms with van der Waals surface area (Å²) in [4.78, 5) is 0. The summed E-state index contributed by atoms with van der Waals surface area (Å²) >= 11 is 0. The summed E-state index contributed by atoms with van der Waals surface area (Å²) in [7, 11) is 0. The molecule has 0 saturated heterocycles. The third kappa shape index (κ3) is 6.58. The van der Waals surface area contributed by atoms with E-state index in [1.165, 1.54) is 0 Å². The van der Waals surface area contributed by atoms with E-state index in [2.05, 4.69) is 19.2 Å². The molecule has 0 aromatic heterocycles. The predicted octanol–water partition coefficient (Wildman–Crippen LogP) is 1.17. The summed E-state index contributed by atoms with van der Waals surface area (Å²) in [6.07, 6.45) is 4.91. The van der Waals surface area contributed by atoms with Gasteiger partial charge in [-0.05, 0) is 19.4 Å². The Morgan fingerprint density at radius 1 is 1.25 bits per heavy atom. The number of unbranched alkanes of at least 4 members (excludes halogenated alkanes) is 2. The molecule has 0 bridgehead atoms. The van der Waals surface area contributed by atoms with Gasteiger partial charge in [-0.2, -0.15) is 0 Å². The quantitative estimate of drug-likeness (QED) is 0.401. The van der Waals surface area contributed by atoms with Crippen LogP contribution in [0.2, 0.25) is 0 Å². The van der Waals surface area contributed by atoms with E-state index < -0.39 is 5.85 Å². The maximum Gasteiger partial charge on any atom is 0.169 e. The molecule has 0 spiro atoms. The Labute approximate surface area is 75.3 Å². The van der Waals surface area contributed by atoms with Crippen molar-refractivity contribution in [1.82, 2.24) is 5.32 Å². The number of nitrogens with two attached hydrogens (primary N) is 1. The molecule has 3 heteroatoms. The SMILES string of the molecule is CCCCCC(N)(O)NCCC. The molecule has 0 heterocycles. The average molecular weight is 174 g/mol. The minimum atomic E-state index is -1.15. The zero-order chi connectivity index (χ0) is 9.45. The van der Waals surface area contributed by atoms with E-state index in [4.69, 9.17) is 5.73 Å². The van der Waals surface area contributed by atoms with Gasteiger partial charge in [0.15, 0.2) is 5.85 Å². The highest BCUT2D eigenvalue weighted by Crippen LogP contribution is 2.06. The van der Waals surface area contributed by atoms with E-state index in [0.717, 1.165) is 32.2 Å². The molecule has 0 aromatic carbocycles. The van der Waals surface area contributed by atoms with Gasteiger partial charge in [0.25, 0.3) is 0 Å². The second-order valence-corrected chi connectivity index (χ2v) is 3.31. The molecular weight excluding hydrogens is 152 g/mol. The lowest BCUT2D eigenvalue weighted by atomic mass is 10.1. The Kier molecular flexibility index (Phi) is 6.34. The lowest BCUT2D eigenvalue weighted by Gasteiger charge is -2.24. The molecule has 0 fully saturated rings. The second kappa shape index (κ2) is 6.40. The Morgan fingerprint density at radius 2 is 1.92 bits per heavy atom. The highest BCUT2D eigenvalue weighted by atomic mass is 16.3. The lowest BCUT2D eigenvalue weighted by molar-refractivity contribution is 0.00127. The van der Waals surface area contributed by atoms with Crippen molar-refractivity contribution < 1.29 is 5.11 Å². The number of rotatable bonds is 7. The highest BCUT2D eigenvalue weighted by Gasteiger charge is 2.17. The van der Waals surface area contributed by atoms with Gasteiger partial charge in [0.05, 0.1) is 0 Å². The van der Waals surface area contributed by atoms with Crippen LogP contribution in [0.1, 0.15) is 46.0 Å². The largest absolute Gasteiger partial charge is 0.363 e. The smallest absolute Gasteiger partial charge is 0.169 e. The van der Waals surface area contributed by atoms with Gasteiger partial charge in [-0.25, -0.2) is 0 Å². The molecule has 4 N–H and O–H groups in total. The van der Waals surface area contributed by atoms with Gasteiger partial charge >= 0.3 is 0 Å². The molecule has 0 aliphatic carbocycles. The Balaban J connectivity index is 3.42. The standard InChI is InChI=1S/C9H22N2O/c1-3-5-6-7-9(10,12)11-8-4-2/h11-12H,3-8,10H2,1-2H3. The number of nitrogens with one attached hydrogen (secondary N) is 1. The third-order valence-electron chi connectivity index (χ3n) is 1.84. The monoisotopic (exact) mass is 174 g/mol. The van der Waals surface area contributed by atoms with Gasteiger partial charge in [0.1, 0.15) is 0 Å². The van der Waals surface area contributed by atoms with Crippen LogP contribution in [0.3, 0.4) is 0 Å². The summed E-state index contributed by atoms with van der Waals surface area (Å²) in [5.41, 5.74) is 5.59. The molecule has 74 valence electrons. The fourth-order valence-corrected chi connectivity index (χ4v) is 1.07. The summed E-state index contributed by atoms with van der Waals surface area (Å²) in [5, 5.41) is 12.4. The van der Waals surface area contributed by atoms with E-state index in [1.54, 1.807) is 0 Å². The van der Waals surface area contributed by atoms with Crippen LogP contribution in [0, 0.1) is 0 Å². The van der Waals surface area contributed by atoms with Gasteiger partial charge in [-0.3, -0.25) is 11.1 Å². The van der Waals surface area contributed by atoms with Crippen LogP contribution >= 0.6 is 0 Å². The molecular formula is C9H22N2O. The van der Waals surface area contributed by atoms with Gasteiger partial charge in [0, 0.05) is 6.42 Å². The zero-order valence-corrected chi connectivity index (χ0v) is 8.27. The number of hydrogen-bond acceptors (Lipinski definition) is 3. The molecule has 1 atom stereocenters. The average Bonchev–Trinajstić information content (AvgIpc) is 2.01. The van der Waals surface area contributed by atoms with Gasteiger partial charge in [-0.15, -0.1) is 0 Å². The summed E-state index contributed by atoms with van der Waals surface area (Å²) < 4.78 is 0. The molecule has 0 saturated carbocycles. The third-order valence-corrected chi connectivity index (χ3v) is 1.84. The van der Waals surface area contributed by atoms with Gasteiger partial charge < -0.3 is 5.11 Å². The first-order valence-electron chi connectivity index (χ1n) is 4.88. The van der Waals surface area contributed by atoms with Crippen LogP contribution < -0.4 is 11.1 Å². The minimum absolute atomic E-state index is 0.640. The minimum Gasteiger partial charge on any atom is -0.363 e. The van der Waals surface area contributed by atoms with Crippen molar-refractivity contribution in [2.45, 2.75) is 51.8 Å². The topological polar surface area (TPSA) is 58.3 Å². The lowest BCUT2D eigenvalue weighted by Crippen LogP contribution is -2.53. The van der Waals surface area contributed by atoms with Gasteiger partial charge in [-0.1, -0.05) is 26.7 Å². The Morgan fingerprint density at radius 3 is 2.42 bits per heavy atom. The van der Waals surface area contributed by atoms with Gasteiger partial charge in [0.2, 0.25) is 0 Å². The normalized spacial score (nSPS) is 16.0. The number of hydrogen-bond donors (Lipinski definition) is 3. The van der Waals surface area contributed by atoms with Crippen molar-refractivity contribution in [3.63, 3.8) is 0 Å². The van der Waals surface area contributed by atoms with Crippen molar-refractivity contribution in [1.29, 1.82) is 0 Å². The molecule has 0 rings (SSSR count). The van der Waals surface area contributed by atoms with E-state index in [-0.39, 0.29) is 0 Å². The van der Waals surface area contributed by atoms with E-state index in [0.29, 0.717) is 6.42 Å². The molecule has 0 aliphatic rings.